The van der Waals surface area contributed by atoms with E-state index in [9.17, 15) is 15.2 Å². The number of carbonyl (C=O) groups is 1. The Bertz CT molecular complexity index is 1220. The van der Waals surface area contributed by atoms with Gasteiger partial charge in [0.05, 0.1) is 12.2 Å². The number of benzene rings is 2. The van der Waals surface area contributed by atoms with Crippen LogP contribution in [0.3, 0.4) is 0 Å². The number of aromatic nitrogens is 3. The van der Waals surface area contributed by atoms with Crippen LogP contribution in [0.1, 0.15) is 35.6 Å². The van der Waals surface area contributed by atoms with Crippen LogP contribution in [-0.2, 0) is 18.4 Å². The van der Waals surface area contributed by atoms with Crippen LogP contribution in [0.25, 0.3) is 17.1 Å². The summed E-state index contributed by atoms with van der Waals surface area (Å²) in [5.41, 5.74) is 4.56. The van der Waals surface area contributed by atoms with E-state index >= 15 is 0 Å². The topological polar surface area (TPSA) is 101 Å². The number of aliphatic hydroxyl groups excluding tert-OH is 1. The molecule has 0 fully saturated rings. The van der Waals surface area contributed by atoms with Gasteiger partial charge in [-0.3, -0.25) is 4.79 Å². The molecule has 1 aliphatic heterocycles. The van der Waals surface area contributed by atoms with Gasteiger partial charge in [0.25, 0.3) is 0 Å². The molecular formula is C21H20N4O3S. The van der Waals surface area contributed by atoms with Crippen LogP contribution >= 0.6 is 10.9 Å². The van der Waals surface area contributed by atoms with Crippen LogP contribution < -0.4 is 4.74 Å². The fourth-order valence-electron chi connectivity index (χ4n) is 3.57. The number of hydrogen-bond donors (Lipinski definition) is 2. The molecule has 2 aromatic carbocycles. The van der Waals surface area contributed by atoms with Crippen LogP contribution in [0.5, 0.6) is 5.75 Å². The molecule has 1 atom stereocenters. The monoisotopic (exact) mass is 408 g/mol. The second-order valence-corrected chi connectivity index (χ2v) is 8.78. The third-order valence-corrected chi connectivity index (χ3v) is 7.36. The molecule has 4 rings (SSSR count). The lowest BCUT2D eigenvalue weighted by atomic mass is 10.1. The van der Waals surface area contributed by atoms with Crippen molar-refractivity contribution in [2.75, 3.05) is 0 Å². The standard InChI is InChI=1S/C21H20N4O3S/c1-4-19(27)28-15-7-14(11-26)16-5-6-29(18(16)9-15)17-8-13(10-22)21-20(12(17)2)23-24-25(21)3/h5-9,26,29H,4,11H2,1-3H3. The summed E-state index contributed by atoms with van der Waals surface area (Å²) >= 11 is 0. The molecule has 0 saturated heterocycles. The summed E-state index contributed by atoms with van der Waals surface area (Å²) in [6.07, 6.45) is 2.26. The Morgan fingerprint density at radius 2 is 2.14 bits per heavy atom. The lowest BCUT2D eigenvalue weighted by molar-refractivity contribution is -0.134. The summed E-state index contributed by atoms with van der Waals surface area (Å²) in [6.45, 7) is 3.56. The predicted molar refractivity (Wildman–Crippen MR) is 111 cm³/mol. The smallest absolute Gasteiger partial charge is 0.310 e. The number of thiol groups is 1. The van der Waals surface area contributed by atoms with Crippen LogP contribution in [0.2, 0.25) is 0 Å². The van der Waals surface area contributed by atoms with Crippen molar-refractivity contribution in [2.45, 2.75) is 36.7 Å². The van der Waals surface area contributed by atoms with Crippen molar-refractivity contribution in [3.05, 3.63) is 45.9 Å². The number of aryl methyl sites for hydroxylation is 2. The Balaban J connectivity index is 1.89. The van der Waals surface area contributed by atoms with Gasteiger partial charge in [-0.25, -0.2) is 4.68 Å². The van der Waals surface area contributed by atoms with Gasteiger partial charge in [0.2, 0.25) is 0 Å². The van der Waals surface area contributed by atoms with Crippen molar-refractivity contribution >= 4 is 34.0 Å². The summed E-state index contributed by atoms with van der Waals surface area (Å²) in [7, 11) is 0.830. The summed E-state index contributed by atoms with van der Waals surface area (Å²) in [5, 5.41) is 29.9. The third kappa shape index (κ3) is 3.09. The lowest BCUT2D eigenvalue weighted by Gasteiger charge is -2.21. The van der Waals surface area contributed by atoms with Gasteiger partial charge in [0.1, 0.15) is 22.9 Å². The zero-order chi connectivity index (χ0) is 20.7. The average molecular weight is 408 g/mol. The fourth-order valence-corrected chi connectivity index (χ4v) is 5.93. The molecule has 1 aromatic heterocycles. The zero-order valence-electron chi connectivity index (χ0n) is 16.3. The Hall–Kier alpha value is -3.15. The number of esters is 1. The maximum atomic E-state index is 11.8. The van der Waals surface area contributed by atoms with Crippen LogP contribution in [0.4, 0.5) is 0 Å². The van der Waals surface area contributed by atoms with Gasteiger partial charge in [-0.05, 0) is 53.3 Å². The van der Waals surface area contributed by atoms with E-state index in [4.69, 9.17) is 4.74 Å². The first-order chi connectivity index (χ1) is 14.0. The molecule has 0 amide bonds. The molecule has 2 heterocycles. The first-order valence-corrected chi connectivity index (χ1v) is 10.6. The molecule has 8 heteroatoms. The maximum Gasteiger partial charge on any atom is 0.310 e. The number of rotatable bonds is 4. The van der Waals surface area contributed by atoms with Crippen molar-refractivity contribution < 1.29 is 14.6 Å². The number of nitriles is 1. The molecule has 29 heavy (non-hydrogen) atoms. The van der Waals surface area contributed by atoms with Crippen LogP contribution in [0.15, 0.2) is 33.4 Å². The number of carbonyl (C=O) groups excluding carboxylic acids is 1. The largest absolute Gasteiger partial charge is 0.426 e. The number of aliphatic hydroxyl groups is 1. The fraction of sp³-hybridized carbons (Fsp3) is 0.238. The predicted octanol–water partition coefficient (Wildman–Crippen LogP) is 3.36. The molecule has 3 aromatic rings. The van der Waals surface area contributed by atoms with Crippen molar-refractivity contribution in [3.8, 4) is 11.8 Å². The van der Waals surface area contributed by atoms with Gasteiger partial charge in [0.15, 0.2) is 0 Å². The highest BCUT2D eigenvalue weighted by molar-refractivity contribution is 8.20. The summed E-state index contributed by atoms with van der Waals surface area (Å²) in [4.78, 5) is 13.8. The minimum Gasteiger partial charge on any atom is -0.426 e. The lowest BCUT2D eigenvalue weighted by Crippen LogP contribution is -2.06. The molecule has 0 saturated carbocycles. The highest BCUT2D eigenvalue weighted by Crippen LogP contribution is 2.55. The van der Waals surface area contributed by atoms with Crippen molar-refractivity contribution in [3.63, 3.8) is 0 Å². The van der Waals surface area contributed by atoms with Crippen LogP contribution in [0, 0.1) is 18.3 Å². The van der Waals surface area contributed by atoms with Gasteiger partial charge in [0, 0.05) is 23.3 Å². The van der Waals surface area contributed by atoms with Gasteiger partial charge >= 0.3 is 5.97 Å². The minimum atomic E-state index is -0.941. The van der Waals surface area contributed by atoms with E-state index in [0.717, 1.165) is 20.9 Å². The van der Waals surface area contributed by atoms with Crippen molar-refractivity contribution in [1.82, 2.24) is 15.0 Å². The van der Waals surface area contributed by atoms with Crippen molar-refractivity contribution in [2.24, 2.45) is 7.05 Å². The molecule has 0 aliphatic carbocycles. The number of fused-ring (bicyclic) bond motifs is 2. The van der Waals surface area contributed by atoms with E-state index in [2.05, 4.69) is 21.8 Å². The van der Waals surface area contributed by atoms with E-state index in [1.807, 2.05) is 25.1 Å². The highest BCUT2D eigenvalue weighted by Gasteiger charge is 2.24. The molecule has 0 radical (unpaired) electrons. The van der Waals surface area contributed by atoms with Crippen molar-refractivity contribution in [1.29, 1.82) is 5.26 Å². The average Bonchev–Trinajstić information content (AvgIpc) is 3.32. The second kappa shape index (κ2) is 7.35. The zero-order valence-corrected chi connectivity index (χ0v) is 17.2. The third-order valence-electron chi connectivity index (χ3n) is 5.04. The molecule has 1 N–H and O–H groups in total. The maximum absolute atomic E-state index is 11.8. The Morgan fingerprint density at radius 3 is 2.83 bits per heavy atom. The van der Waals surface area contributed by atoms with Gasteiger partial charge in [-0.1, -0.05) is 12.1 Å². The first kappa shape index (κ1) is 19.2. The van der Waals surface area contributed by atoms with Gasteiger partial charge in [-0.15, -0.1) is 5.10 Å². The first-order valence-electron chi connectivity index (χ1n) is 9.17. The SMILES string of the molecule is CCC(=O)Oc1cc(CO)c2c(c1)[SH](c1cc(C#N)c3c(nnn3C)c1C)C=C2. The normalized spacial score (nSPS) is 16.0. The van der Waals surface area contributed by atoms with E-state index in [1.165, 1.54) is 0 Å². The van der Waals surface area contributed by atoms with Crippen LogP contribution in [-0.4, -0.2) is 26.1 Å². The molecule has 0 bridgehead atoms. The van der Waals surface area contributed by atoms with Gasteiger partial charge in [-0.2, -0.15) is 16.2 Å². The molecule has 1 unspecified atom stereocenters. The molecular weight excluding hydrogens is 388 g/mol. The van der Waals surface area contributed by atoms with E-state index in [0.29, 0.717) is 27.9 Å². The quantitative estimate of drug-likeness (QED) is 0.390. The minimum absolute atomic E-state index is 0.154. The van der Waals surface area contributed by atoms with E-state index in [1.54, 1.807) is 24.7 Å². The summed E-state index contributed by atoms with van der Waals surface area (Å²) in [6, 6.07) is 7.72. The Morgan fingerprint density at radius 1 is 1.34 bits per heavy atom. The second-order valence-electron chi connectivity index (χ2n) is 6.78. The highest BCUT2D eigenvalue weighted by atomic mass is 32.2. The molecule has 148 valence electrons. The Kier molecular flexibility index (Phi) is 4.86. The summed E-state index contributed by atoms with van der Waals surface area (Å²) < 4.78 is 7.03. The number of nitrogens with zero attached hydrogens (tertiary/aromatic N) is 4. The summed E-state index contributed by atoms with van der Waals surface area (Å²) in [5.74, 6) is 0.0997. The van der Waals surface area contributed by atoms with E-state index in [-0.39, 0.29) is 19.0 Å². The molecule has 0 spiro atoms. The number of hydrogen-bond acceptors (Lipinski definition) is 6. The number of ether oxygens (including phenoxy) is 1. The molecule has 1 aliphatic rings. The van der Waals surface area contributed by atoms with E-state index < -0.39 is 10.9 Å². The molecule has 7 nitrogen and oxygen atoms in total. The van der Waals surface area contributed by atoms with Gasteiger partial charge < -0.3 is 9.84 Å². The Labute approximate surface area is 170 Å².